The molecule has 30 heavy (non-hydrogen) atoms. The van der Waals surface area contributed by atoms with E-state index in [1.54, 1.807) is 11.1 Å². The number of amides is 1. The molecule has 1 aliphatic heterocycles. The number of hydrogen-bond acceptors (Lipinski definition) is 3. The topological polar surface area (TPSA) is 42.4 Å². The zero-order chi connectivity index (χ0) is 21.4. The number of benzene rings is 2. The first-order valence-corrected chi connectivity index (χ1v) is 12.3. The lowest BCUT2D eigenvalue weighted by Gasteiger charge is -2.43. The number of nitrogens with zero attached hydrogens (tertiary/aromatic N) is 2. The highest BCUT2D eigenvalue weighted by molar-refractivity contribution is 7.00. The van der Waals surface area contributed by atoms with E-state index in [0.29, 0.717) is 12.2 Å². The number of anilines is 1. The minimum absolute atomic E-state index is 0.132. The van der Waals surface area contributed by atoms with Crippen molar-refractivity contribution in [2.45, 2.75) is 39.2 Å². The van der Waals surface area contributed by atoms with E-state index in [1.807, 2.05) is 25.1 Å². The summed E-state index contributed by atoms with van der Waals surface area (Å²) in [4.78, 5) is 18.4. The monoisotopic (exact) mass is 416 g/mol. The van der Waals surface area contributed by atoms with Crippen LogP contribution in [0.15, 0.2) is 72.9 Å². The third-order valence-electron chi connectivity index (χ3n) is 5.86. The minimum Gasteiger partial charge on any atom is -0.533 e. The fraction of sp³-hybridized carbons (Fsp3) is 0.280. The Hall–Kier alpha value is -2.92. The summed E-state index contributed by atoms with van der Waals surface area (Å²) in [6.45, 7) is 9.43. The van der Waals surface area contributed by atoms with Crippen LogP contribution in [-0.4, -0.2) is 25.8 Å². The molecule has 0 spiro atoms. The van der Waals surface area contributed by atoms with Crippen LogP contribution in [0.2, 0.25) is 5.04 Å². The number of aromatic nitrogens is 1. The SMILES string of the molecule is Cc1ncc(O[Si](c2ccccc2)(c2ccccc2)C(C)(C)C)cc1N1CCC1=O. The van der Waals surface area contributed by atoms with Crippen LogP contribution in [0.1, 0.15) is 32.9 Å². The molecular formula is C25H28N2O2Si. The van der Waals surface area contributed by atoms with E-state index in [1.165, 1.54) is 10.4 Å². The van der Waals surface area contributed by atoms with E-state index in [2.05, 4.69) is 74.3 Å². The van der Waals surface area contributed by atoms with E-state index in [9.17, 15) is 4.79 Å². The van der Waals surface area contributed by atoms with Gasteiger partial charge in [-0.2, -0.15) is 0 Å². The zero-order valence-corrected chi connectivity index (χ0v) is 19.1. The van der Waals surface area contributed by atoms with Crippen LogP contribution >= 0.6 is 0 Å². The number of pyridine rings is 1. The van der Waals surface area contributed by atoms with Gasteiger partial charge in [0.2, 0.25) is 5.91 Å². The maximum Gasteiger partial charge on any atom is 0.320 e. The van der Waals surface area contributed by atoms with Gasteiger partial charge in [-0.3, -0.25) is 9.78 Å². The van der Waals surface area contributed by atoms with Gasteiger partial charge in [-0.05, 0) is 22.3 Å². The summed E-state index contributed by atoms with van der Waals surface area (Å²) in [6.07, 6.45) is 2.39. The maximum absolute atomic E-state index is 12.0. The van der Waals surface area contributed by atoms with Crippen molar-refractivity contribution < 1.29 is 9.22 Å². The number of β-lactam (4-membered cyclic amide) rings is 1. The van der Waals surface area contributed by atoms with Gasteiger partial charge in [0, 0.05) is 19.0 Å². The van der Waals surface area contributed by atoms with Crippen molar-refractivity contribution in [1.29, 1.82) is 0 Å². The summed E-state index contributed by atoms with van der Waals surface area (Å²) in [7, 11) is -2.72. The normalized spacial score (nSPS) is 14.4. The third-order valence-corrected chi connectivity index (χ3v) is 10.8. The number of rotatable bonds is 5. The molecular weight excluding hydrogens is 388 g/mol. The largest absolute Gasteiger partial charge is 0.533 e. The second kappa shape index (κ2) is 7.72. The lowest BCUT2D eigenvalue weighted by Crippen LogP contribution is -2.68. The molecule has 3 aromatic rings. The summed E-state index contributed by atoms with van der Waals surface area (Å²) >= 11 is 0. The Morgan fingerprint density at radius 2 is 1.53 bits per heavy atom. The average Bonchev–Trinajstić information content (AvgIpc) is 2.73. The summed E-state index contributed by atoms with van der Waals surface area (Å²) in [5.74, 6) is 0.854. The van der Waals surface area contributed by atoms with E-state index in [0.717, 1.165) is 17.9 Å². The van der Waals surface area contributed by atoms with E-state index >= 15 is 0 Å². The predicted molar refractivity (Wildman–Crippen MR) is 124 cm³/mol. The van der Waals surface area contributed by atoms with Gasteiger partial charge in [0.1, 0.15) is 5.75 Å². The molecule has 0 atom stereocenters. The van der Waals surface area contributed by atoms with Crippen molar-refractivity contribution in [3.05, 3.63) is 78.6 Å². The molecule has 2 aromatic carbocycles. The molecule has 4 rings (SSSR count). The maximum atomic E-state index is 12.0. The molecule has 0 saturated carbocycles. The van der Waals surface area contributed by atoms with Crippen LogP contribution in [0.5, 0.6) is 5.75 Å². The van der Waals surface area contributed by atoms with Gasteiger partial charge in [0.05, 0.1) is 17.6 Å². The molecule has 1 fully saturated rings. The Balaban J connectivity index is 1.88. The Morgan fingerprint density at radius 1 is 0.967 bits per heavy atom. The molecule has 1 aromatic heterocycles. The van der Waals surface area contributed by atoms with Crippen LogP contribution in [-0.2, 0) is 4.79 Å². The molecule has 0 N–H and O–H groups in total. The first-order chi connectivity index (χ1) is 14.3. The lowest BCUT2D eigenvalue weighted by atomic mass is 10.1. The van der Waals surface area contributed by atoms with Crippen molar-refractivity contribution in [2.75, 3.05) is 11.4 Å². The average molecular weight is 417 g/mol. The predicted octanol–water partition coefficient (Wildman–Crippen LogP) is 4.07. The molecule has 0 aliphatic carbocycles. The molecule has 0 radical (unpaired) electrons. The van der Waals surface area contributed by atoms with E-state index in [-0.39, 0.29) is 10.9 Å². The zero-order valence-electron chi connectivity index (χ0n) is 18.1. The summed E-state index contributed by atoms with van der Waals surface area (Å²) in [6, 6.07) is 23.1. The fourth-order valence-corrected chi connectivity index (χ4v) is 8.62. The summed E-state index contributed by atoms with van der Waals surface area (Å²) in [5, 5.41) is 2.30. The highest BCUT2D eigenvalue weighted by atomic mass is 28.4. The first kappa shape index (κ1) is 20.4. The molecule has 1 aliphatic rings. The number of carbonyl (C=O) groups excluding carboxylic acids is 1. The smallest absolute Gasteiger partial charge is 0.320 e. The lowest BCUT2D eigenvalue weighted by molar-refractivity contribution is -0.122. The Bertz CT molecular complexity index is 1010. The van der Waals surface area contributed by atoms with Gasteiger partial charge in [0.25, 0.3) is 0 Å². The van der Waals surface area contributed by atoms with Crippen LogP contribution in [0.25, 0.3) is 0 Å². The molecule has 154 valence electrons. The molecule has 2 heterocycles. The molecule has 1 amide bonds. The van der Waals surface area contributed by atoms with Gasteiger partial charge in [-0.15, -0.1) is 0 Å². The Kier molecular flexibility index (Phi) is 5.24. The van der Waals surface area contributed by atoms with Gasteiger partial charge in [0.15, 0.2) is 0 Å². The molecule has 0 unspecified atom stereocenters. The van der Waals surface area contributed by atoms with E-state index in [4.69, 9.17) is 4.43 Å². The minimum atomic E-state index is -2.72. The van der Waals surface area contributed by atoms with E-state index < -0.39 is 8.32 Å². The third kappa shape index (κ3) is 3.43. The molecule has 0 bridgehead atoms. The van der Waals surface area contributed by atoms with Gasteiger partial charge < -0.3 is 9.33 Å². The van der Waals surface area contributed by atoms with Crippen molar-refractivity contribution in [3.63, 3.8) is 0 Å². The summed E-state index contributed by atoms with van der Waals surface area (Å²) in [5.41, 5.74) is 1.69. The fourth-order valence-electron chi connectivity index (χ4n) is 4.23. The molecule has 5 heteroatoms. The quantitative estimate of drug-likeness (QED) is 0.465. The van der Waals surface area contributed by atoms with Gasteiger partial charge >= 0.3 is 8.32 Å². The first-order valence-electron chi connectivity index (χ1n) is 10.4. The molecule has 1 saturated heterocycles. The van der Waals surface area contributed by atoms with Crippen molar-refractivity contribution in [2.24, 2.45) is 0 Å². The van der Waals surface area contributed by atoms with Crippen molar-refractivity contribution in [1.82, 2.24) is 4.98 Å². The highest BCUT2D eigenvalue weighted by Crippen LogP contribution is 2.38. The highest BCUT2D eigenvalue weighted by Gasteiger charge is 2.52. The van der Waals surface area contributed by atoms with Crippen LogP contribution in [0.4, 0.5) is 5.69 Å². The second-order valence-corrected chi connectivity index (χ2v) is 13.1. The Labute approximate surface area is 179 Å². The van der Waals surface area contributed by atoms with Gasteiger partial charge in [-0.1, -0.05) is 81.4 Å². The number of hydrogen-bond donors (Lipinski definition) is 0. The molecule has 4 nitrogen and oxygen atoms in total. The second-order valence-electron chi connectivity index (χ2n) is 8.84. The number of aryl methyl sites for hydroxylation is 1. The van der Waals surface area contributed by atoms with Crippen molar-refractivity contribution in [3.8, 4) is 5.75 Å². The summed E-state index contributed by atoms with van der Waals surface area (Å²) < 4.78 is 7.03. The standard InChI is InChI=1S/C25H28N2O2Si/c1-19-23(27-16-15-24(27)28)17-20(18-26-19)29-30(25(2,3)4,21-11-7-5-8-12-21)22-13-9-6-10-14-22/h5-14,17-18H,15-16H2,1-4H3. The van der Waals surface area contributed by atoms with Gasteiger partial charge in [-0.25, -0.2) is 0 Å². The van der Waals surface area contributed by atoms with Crippen LogP contribution < -0.4 is 19.7 Å². The van der Waals surface area contributed by atoms with Crippen LogP contribution in [0, 0.1) is 6.92 Å². The van der Waals surface area contributed by atoms with Crippen LogP contribution in [0.3, 0.4) is 0 Å². The Morgan fingerprint density at radius 3 is 1.97 bits per heavy atom. The van der Waals surface area contributed by atoms with Crippen molar-refractivity contribution >= 4 is 30.3 Å². The number of carbonyl (C=O) groups is 1.